The molecule has 3 rings (SSSR count). The van der Waals surface area contributed by atoms with Gasteiger partial charge in [-0.05, 0) is 35.4 Å². The van der Waals surface area contributed by atoms with Crippen LogP contribution in [0.5, 0.6) is 5.75 Å². The topological polar surface area (TPSA) is 76.1 Å². The highest BCUT2D eigenvalue weighted by atomic mass is 16.5. The van der Waals surface area contributed by atoms with Crippen molar-refractivity contribution < 1.29 is 24.2 Å². The highest BCUT2D eigenvalue weighted by molar-refractivity contribution is 5.88. The van der Waals surface area contributed by atoms with Crippen LogP contribution in [0.2, 0.25) is 0 Å². The second-order valence-electron chi connectivity index (χ2n) is 6.16. The van der Waals surface area contributed by atoms with E-state index in [2.05, 4.69) is 0 Å². The van der Waals surface area contributed by atoms with Gasteiger partial charge in [0.05, 0.1) is 32.2 Å². The molecule has 1 heterocycles. The first-order valence-electron chi connectivity index (χ1n) is 8.42. The van der Waals surface area contributed by atoms with Crippen LogP contribution in [0.4, 0.5) is 0 Å². The molecule has 0 aliphatic carbocycles. The third-order valence-electron chi connectivity index (χ3n) is 4.41. The van der Waals surface area contributed by atoms with E-state index in [1.807, 2.05) is 24.3 Å². The number of carboxylic acid groups (broad SMARTS) is 1. The molecule has 0 spiro atoms. The van der Waals surface area contributed by atoms with E-state index in [4.69, 9.17) is 14.6 Å². The Kier molecular flexibility index (Phi) is 5.53. The van der Waals surface area contributed by atoms with E-state index < -0.39 is 5.97 Å². The van der Waals surface area contributed by atoms with E-state index in [0.29, 0.717) is 25.3 Å². The van der Waals surface area contributed by atoms with Crippen LogP contribution in [0.25, 0.3) is 0 Å². The Morgan fingerprint density at radius 2 is 2.04 bits per heavy atom. The van der Waals surface area contributed by atoms with E-state index in [9.17, 15) is 9.59 Å². The SMILES string of the molecule is COc1cccc(C2CN(C(=O)Cc3cccc(C(=O)O)c3)CCO2)c1. The van der Waals surface area contributed by atoms with Crippen LogP contribution in [-0.2, 0) is 16.0 Å². The van der Waals surface area contributed by atoms with Crippen LogP contribution >= 0.6 is 0 Å². The molecule has 136 valence electrons. The molecule has 6 heteroatoms. The van der Waals surface area contributed by atoms with Gasteiger partial charge in [0.1, 0.15) is 11.9 Å². The number of hydrogen-bond donors (Lipinski definition) is 1. The molecule has 1 amide bonds. The molecule has 1 saturated heterocycles. The zero-order valence-electron chi connectivity index (χ0n) is 14.6. The number of nitrogens with zero attached hydrogens (tertiary/aromatic N) is 1. The van der Waals surface area contributed by atoms with Crippen molar-refractivity contribution in [3.63, 3.8) is 0 Å². The lowest BCUT2D eigenvalue weighted by Gasteiger charge is -2.33. The number of aromatic carboxylic acids is 1. The number of amides is 1. The summed E-state index contributed by atoms with van der Waals surface area (Å²) in [6.07, 6.45) is -0.0282. The van der Waals surface area contributed by atoms with Crippen molar-refractivity contribution in [2.75, 3.05) is 26.8 Å². The van der Waals surface area contributed by atoms with E-state index in [1.54, 1.807) is 30.2 Å². The Morgan fingerprint density at radius 3 is 2.81 bits per heavy atom. The van der Waals surface area contributed by atoms with Gasteiger partial charge in [-0.3, -0.25) is 4.79 Å². The molecule has 26 heavy (non-hydrogen) atoms. The number of carbonyl (C=O) groups excluding carboxylic acids is 1. The van der Waals surface area contributed by atoms with Crippen molar-refractivity contribution >= 4 is 11.9 Å². The normalized spacial score (nSPS) is 17.0. The molecule has 0 radical (unpaired) electrons. The van der Waals surface area contributed by atoms with Crippen LogP contribution in [0.15, 0.2) is 48.5 Å². The summed E-state index contributed by atoms with van der Waals surface area (Å²) in [5, 5.41) is 9.07. The number of methoxy groups -OCH3 is 1. The van der Waals surface area contributed by atoms with Crippen molar-refractivity contribution in [2.24, 2.45) is 0 Å². The molecule has 2 aromatic rings. The molecule has 1 aliphatic rings. The third-order valence-corrected chi connectivity index (χ3v) is 4.41. The predicted molar refractivity (Wildman–Crippen MR) is 95.4 cm³/mol. The summed E-state index contributed by atoms with van der Waals surface area (Å²) in [5.74, 6) is -0.285. The van der Waals surface area contributed by atoms with Crippen molar-refractivity contribution in [2.45, 2.75) is 12.5 Å². The molecule has 6 nitrogen and oxygen atoms in total. The molecule has 0 bridgehead atoms. The van der Waals surface area contributed by atoms with Gasteiger partial charge < -0.3 is 19.5 Å². The number of hydrogen-bond acceptors (Lipinski definition) is 4. The summed E-state index contributed by atoms with van der Waals surface area (Å²) in [6.45, 7) is 1.45. The summed E-state index contributed by atoms with van der Waals surface area (Å²) >= 11 is 0. The summed E-state index contributed by atoms with van der Waals surface area (Å²) in [6, 6.07) is 14.1. The smallest absolute Gasteiger partial charge is 0.335 e. The summed E-state index contributed by atoms with van der Waals surface area (Å²) in [4.78, 5) is 25.5. The van der Waals surface area contributed by atoms with E-state index >= 15 is 0 Å². The van der Waals surface area contributed by atoms with E-state index in [1.165, 1.54) is 6.07 Å². The molecule has 2 aromatic carbocycles. The molecular formula is C20H21NO5. The van der Waals surface area contributed by atoms with E-state index in [-0.39, 0.29) is 24.0 Å². The summed E-state index contributed by atoms with van der Waals surface area (Å²) < 4.78 is 11.1. The molecule has 0 saturated carbocycles. The monoisotopic (exact) mass is 355 g/mol. The minimum atomic E-state index is -0.997. The number of benzene rings is 2. The highest BCUT2D eigenvalue weighted by Crippen LogP contribution is 2.25. The van der Waals surface area contributed by atoms with Crippen molar-refractivity contribution in [1.82, 2.24) is 4.90 Å². The maximum Gasteiger partial charge on any atom is 0.335 e. The van der Waals surface area contributed by atoms with Gasteiger partial charge in [-0.1, -0.05) is 24.3 Å². The standard InChI is InChI=1S/C20H21NO5/c1-25-17-7-3-5-15(12-17)18-13-21(8-9-26-18)19(22)11-14-4-2-6-16(10-14)20(23)24/h2-7,10,12,18H,8-9,11,13H2,1H3,(H,23,24). The maximum absolute atomic E-state index is 12.6. The van der Waals surface area contributed by atoms with Gasteiger partial charge in [0.15, 0.2) is 0 Å². The van der Waals surface area contributed by atoms with Gasteiger partial charge in [-0.2, -0.15) is 0 Å². The number of carbonyl (C=O) groups is 2. The van der Waals surface area contributed by atoms with Gasteiger partial charge in [0, 0.05) is 6.54 Å². The lowest BCUT2D eigenvalue weighted by Crippen LogP contribution is -2.43. The highest BCUT2D eigenvalue weighted by Gasteiger charge is 2.25. The zero-order valence-corrected chi connectivity index (χ0v) is 14.6. The Hall–Kier alpha value is -2.86. The van der Waals surface area contributed by atoms with Crippen LogP contribution in [-0.4, -0.2) is 48.7 Å². The van der Waals surface area contributed by atoms with Crippen molar-refractivity contribution in [3.05, 3.63) is 65.2 Å². The minimum Gasteiger partial charge on any atom is -0.497 e. The molecule has 0 aromatic heterocycles. The summed E-state index contributed by atoms with van der Waals surface area (Å²) in [7, 11) is 1.61. The first-order valence-corrected chi connectivity index (χ1v) is 8.42. The van der Waals surface area contributed by atoms with Crippen molar-refractivity contribution in [3.8, 4) is 5.75 Å². The fourth-order valence-electron chi connectivity index (χ4n) is 3.02. The fourth-order valence-corrected chi connectivity index (χ4v) is 3.02. The van der Waals surface area contributed by atoms with Gasteiger partial charge in [0.25, 0.3) is 0 Å². The quantitative estimate of drug-likeness (QED) is 0.892. The average molecular weight is 355 g/mol. The third kappa shape index (κ3) is 4.21. The molecular weight excluding hydrogens is 334 g/mol. The van der Waals surface area contributed by atoms with Crippen molar-refractivity contribution in [1.29, 1.82) is 0 Å². The van der Waals surface area contributed by atoms with Crippen LogP contribution in [0.3, 0.4) is 0 Å². The largest absolute Gasteiger partial charge is 0.497 e. The molecule has 1 unspecified atom stereocenters. The number of ether oxygens (including phenoxy) is 2. The lowest BCUT2D eigenvalue weighted by molar-refractivity contribution is -0.138. The zero-order chi connectivity index (χ0) is 18.5. The van der Waals surface area contributed by atoms with Crippen LogP contribution in [0, 0.1) is 0 Å². The van der Waals surface area contributed by atoms with E-state index in [0.717, 1.165) is 11.3 Å². The first kappa shape index (κ1) is 17.9. The molecule has 1 atom stereocenters. The molecule has 1 N–H and O–H groups in total. The fraction of sp³-hybridized carbons (Fsp3) is 0.300. The Bertz CT molecular complexity index is 804. The van der Waals surface area contributed by atoms with Gasteiger partial charge in [-0.15, -0.1) is 0 Å². The number of morpholine rings is 1. The van der Waals surface area contributed by atoms with Gasteiger partial charge >= 0.3 is 5.97 Å². The summed E-state index contributed by atoms with van der Waals surface area (Å²) in [5.41, 5.74) is 1.85. The second kappa shape index (κ2) is 8.01. The lowest BCUT2D eigenvalue weighted by atomic mass is 10.1. The average Bonchev–Trinajstić information content (AvgIpc) is 2.68. The second-order valence-corrected chi connectivity index (χ2v) is 6.16. The molecule has 1 aliphatic heterocycles. The minimum absolute atomic E-state index is 0.0382. The predicted octanol–water partition coefficient (Wildman–Crippen LogP) is 2.54. The molecule has 1 fully saturated rings. The Labute approximate surface area is 152 Å². The Balaban J connectivity index is 1.68. The van der Waals surface area contributed by atoms with Gasteiger partial charge in [0.2, 0.25) is 5.91 Å². The number of rotatable bonds is 5. The first-order chi connectivity index (χ1) is 12.6. The maximum atomic E-state index is 12.6. The van der Waals surface area contributed by atoms with Gasteiger partial charge in [-0.25, -0.2) is 4.79 Å². The number of carboxylic acids is 1. The Morgan fingerprint density at radius 1 is 1.23 bits per heavy atom. The van der Waals surface area contributed by atoms with Crippen LogP contribution < -0.4 is 4.74 Å². The van der Waals surface area contributed by atoms with Crippen LogP contribution in [0.1, 0.15) is 27.6 Å².